The van der Waals surface area contributed by atoms with E-state index in [0.29, 0.717) is 0 Å². The summed E-state index contributed by atoms with van der Waals surface area (Å²) in [5.41, 5.74) is 4.13. The summed E-state index contributed by atoms with van der Waals surface area (Å²) in [6.07, 6.45) is 3.80. The van der Waals surface area contributed by atoms with Crippen molar-refractivity contribution in [2.45, 2.75) is 26.9 Å². The molecule has 0 atom stereocenters. The zero-order valence-electron chi connectivity index (χ0n) is 10.5. The summed E-state index contributed by atoms with van der Waals surface area (Å²) in [6, 6.07) is 8.41. The van der Waals surface area contributed by atoms with Crippen molar-refractivity contribution in [1.82, 2.24) is 15.1 Å². The number of rotatable bonds is 5. The van der Waals surface area contributed by atoms with Crippen molar-refractivity contribution >= 4 is 0 Å². The molecule has 2 aromatic rings. The summed E-state index contributed by atoms with van der Waals surface area (Å²) in [7, 11) is 0. The first kappa shape index (κ1) is 11.9. The molecular weight excluding hydrogens is 210 g/mol. The van der Waals surface area contributed by atoms with E-state index in [1.807, 2.05) is 23.1 Å². The molecule has 0 bridgehead atoms. The number of hydrogen-bond donors (Lipinski definition) is 1. The fourth-order valence-corrected chi connectivity index (χ4v) is 1.85. The second kappa shape index (κ2) is 5.64. The second-order valence-electron chi connectivity index (χ2n) is 4.30. The Labute approximate surface area is 102 Å². The molecule has 0 aliphatic heterocycles. The van der Waals surface area contributed by atoms with Crippen LogP contribution in [0, 0.1) is 13.8 Å². The lowest BCUT2D eigenvalue weighted by Gasteiger charge is -2.09. The quantitative estimate of drug-likeness (QED) is 0.797. The van der Waals surface area contributed by atoms with E-state index in [-0.39, 0.29) is 0 Å². The van der Waals surface area contributed by atoms with Crippen molar-refractivity contribution in [2.75, 3.05) is 6.54 Å². The van der Waals surface area contributed by atoms with Gasteiger partial charge in [0.25, 0.3) is 0 Å². The van der Waals surface area contributed by atoms with Crippen LogP contribution in [0.1, 0.15) is 16.7 Å². The van der Waals surface area contributed by atoms with E-state index in [9.17, 15) is 0 Å². The highest BCUT2D eigenvalue weighted by Gasteiger charge is 1.99. The molecule has 0 saturated heterocycles. The van der Waals surface area contributed by atoms with Gasteiger partial charge in [0.1, 0.15) is 0 Å². The Balaban J connectivity index is 1.80. The predicted molar refractivity (Wildman–Crippen MR) is 69.8 cm³/mol. The van der Waals surface area contributed by atoms with Crippen LogP contribution in [0.15, 0.2) is 36.7 Å². The van der Waals surface area contributed by atoms with Gasteiger partial charge in [0.15, 0.2) is 0 Å². The molecule has 1 heterocycles. The Morgan fingerprint density at radius 2 is 2.12 bits per heavy atom. The van der Waals surface area contributed by atoms with Crippen LogP contribution in [0.25, 0.3) is 0 Å². The number of hydrogen-bond acceptors (Lipinski definition) is 2. The normalized spacial score (nSPS) is 10.7. The Hall–Kier alpha value is -1.61. The van der Waals surface area contributed by atoms with Crippen LogP contribution in [0.2, 0.25) is 0 Å². The monoisotopic (exact) mass is 229 g/mol. The lowest BCUT2D eigenvalue weighted by atomic mass is 10.0. The van der Waals surface area contributed by atoms with Crippen LogP contribution in [-0.4, -0.2) is 16.3 Å². The van der Waals surface area contributed by atoms with E-state index in [0.717, 1.165) is 19.6 Å². The van der Waals surface area contributed by atoms with Crippen molar-refractivity contribution < 1.29 is 0 Å². The molecule has 0 aliphatic carbocycles. The Kier molecular flexibility index (Phi) is 3.94. The van der Waals surface area contributed by atoms with Gasteiger partial charge in [0.2, 0.25) is 0 Å². The Bertz CT molecular complexity index is 460. The van der Waals surface area contributed by atoms with E-state index in [1.165, 1.54) is 16.7 Å². The Morgan fingerprint density at radius 1 is 1.24 bits per heavy atom. The first-order valence-corrected chi connectivity index (χ1v) is 6.00. The summed E-state index contributed by atoms with van der Waals surface area (Å²) in [5, 5.41) is 7.62. The van der Waals surface area contributed by atoms with E-state index < -0.39 is 0 Å². The highest BCUT2D eigenvalue weighted by atomic mass is 15.3. The molecule has 0 spiro atoms. The SMILES string of the molecule is Cc1cccc(CNCCn2cccn2)c1C. The van der Waals surface area contributed by atoms with Crippen LogP contribution in [-0.2, 0) is 13.1 Å². The average molecular weight is 229 g/mol. The second-order valence-corrected chi connectivity index (χ2v) is 4.30. The summed E-state index contributed by atoms with van der Waals surface area (Å²) in [5.74, 6) is 0. The molecule has 1 N–H and O–H groups in total. The maximum absolute atomic E-state index is 4.17. The van der Waals surface area contributed by atoms with Crippen LogP contribution in [0.4, 0.5) is 0 Å². The van der Waals surface area contributed by atoms with Crippen LogP contribution < -0.4 is 5.32 Å². The standard InChI is InChI=1S/C14H19N3/c1-12-5-3-6-14(13(12)2)11-15-8-10-17-9-4-7-16-17/h3-7,9,15H,8,10-11H2,1-2H3. The molecule has 90 valence electrons. The van der Waals surface area contributed by atoms with E-state index in [1.54, 1.807) is 0 Å². The predicted octanol–water partition coefficient (Wildman–Crippen LogP) is 2.29. The van der Waals surface area contributed by atoms with Gasteiger partial charge in [-0.2, -0.15) is 5.10 Å². The Morgan fingerprint density at radius 3 is 2.88 bits per heavy atom. The highest BCUT2D eigenvalue weighted by Crippen LogP contribution is 2.11. The number of benzene rings is 1. The van der Waals surface area contributed by atoms with Gasteiger partial charge in [-0.1, -0.05) is 18.2 Å². The molecule has 0 amide bonds. The molecule has 3 heteroatoms. The first-order valence-electron chi connectivity index (χ1n) is 6.00. The lowest BCUT2D eigenvalue weighted by molar-refractivity contribution is 0.554. The zero-order chi connectivity index (χ0) is 12.1. The minimum absolute atomic E-state index is 0.915. The summed E-state index contributed by atoms with van der Waals surface area (Å²) in [6.45, 7) is 7.12. The van der Waals surface area contributed by atoms with Gasteiger partial charge in [0.05, 0.1) is 6.54 Å². The van der Waals surface area contributed by atoms with Gasteiger partial charge >= 0.3 is 0 Å². The largest absolute Gasteiger partial charge is 0.311 e. The van der Waals surface area contributed by atoms with Gasteiger partial charge in [-0.15, -0.1) is 0 Å². The molecule has 2 rings (SSSR count). The van der Waals surface area contributed by atoms with Gasteiger partial charge in [-0.05, 0) is 36.6 Å². The molecule has 0 fully saturated rings. The van der Waals surface area contributed by atoms with Gasteiger partial charge in [-0.3, -0.25) is 4.68 Å². The lowest BCUT2D eigenvalue weighted by Crippen LogP contribution is -2.20. The van der Waals surface area contributed by atoms with Crippen LogP contribution in [0.3, 0.4) is 0 Å². The molecule has 3 nitrogen and oxygen atoms in total. The average Bonchev–Trinajstić information content (AvgIpc) is 2.83. The molecule has 17 heavy (non-hydrogen) atoms. The van der Waals surface area contributed by atoms with E-state index >= 15 is 0 Å². The van der Waals surface area contributed by atoms with Crippen molar-refractivity contribution in [3.8, 4) is 0 Å². The van der Waals surface area contributed by atoms with Crippen molar-refractivity contribution in [2.24, 2.45) is 0 Å². The van der Waals surface area contributed by atoms with Crippen molar-refractivity contribution in [3.05, 3.63) is 53.3 Å². The maximum Gasteiger partial charge on any atom is 0.0534 e. The van der Waals surface area contributed by atoms with Gasteiger partial charge in [0, 0.05) is 25.5 Å². The molecule has 1 aromatic carbocycles. The topological polar surface area (TPSA) is 29.9 Å². The van der Waals surface area contributed by atoms with E-state index in [2.05, 4.69) is 42.5 Å². The van der Waals surface area contributed by atoms with Crippen molar-refractivity contribution in [3.63, 3.8) is 0 Å². The minimum atomic E-state index is 0.915. The smallest absolute Gasteiger partial charge is 0.0534 e. The van der Waals surface area contributed by atoms with Gasteiger partial charge < -0.3 is 5.32 Å². The molecule has 0 saturated carbocycles. The fraction of sp³-hybridized carbons (Fsp3) is 0.357. The third kappa shape index (κ3) is 3.17. The molecule has 0 unspecified atom stereocenters. The molecular formula is C14H19N3. The number of nitrogens with one attached hydrogen (secondary N) is 1. The summed E-state index contributed by atoms with van der Waals surface area (Å²) in [4.78, 5) is 0. The van der Waals surface area contributed by atoms with Gasteiger partial charge in [-0.25, -0.2) is 0 Å². The van der Waals surface area contributed by atoms with Crippen LogP contribution in [0.5, 0.6) is 0 Å². The molecule has 0 aliphatic rings. The van der Waals surface area contributed by atoms with Crippen LogP contribution >= 0.6 is 0 Å². The van der Waals surface area contributed by atoms with Crippen molar-refractivity contribution in [1.29, 1.82) is 0 Å². The fourth-order valence-electron chi connectivity index (χ4n) is 1.85. The zero-order valence-corrected chi connectivity index (χ0v) is 10.5. The minimum Gasteiger partial charge on any atom is -0.311 e. The maximum atomic E-state index is 4.17. The number of nitrogens with zero attached hydrogens (tertiary/aromatic N) is 2. The van der Waals surface area contributed by atoms with E-state index in [4.69, 9.17) is 0 Å². The third-order valence-corrected chi connectivity index (χ3v) is 3.11. The highest BCUT2D eigenvalue weighted by molar-refractivity contribution is 5.32. The first-order chi connectivity index (χ1) is 8.27. The summed E-state index contributed by atoms with van der Waals surface area (Å²) < 4.78 is 1.94. The number of aryl methyl sites for hydroxylation is 1. The molecule has 1 aromatic heterocycles. The number of aromatic nitrogens is 2. The molecule has 0 radical (unpaired) electrons. The summed E-state index contributed by atoms with van der Waals surface area (Å²) >= 11 is 0. The third-order valence-electron chi connectivity index (χ3n) is 3.11.